The zero-order chi connectivity index (χ0) is 16.0. The zero-order valence-electron chi connectivity index (χ0n) is 14.5. The van der Waals surface area contributed by atoms with Crippen LogP contribution >= 0.6 is 12.4 Å². The van der Waals surface area contributed by atoms with Crippen molar-refractivity contribution in [2.45, 2.75) is 32.6 Å². The van der Waals surface area contributed by atoms with Gasteiger partial charge in [0.15, 0.2) is 0 Å². The van der Waals surface area contributed by atoms with Crippen molar-refractivity contribution in [3.05, 3.63) is 35.4 Å². The van der Waals surface area contributed by atoms with Crippen molar-refractivity contribution in [3.8, 4) is 0 Å². The minimum Gasteiger partial charge on any atom is -0.355 e. The van der Waals surface area contributed by atoms with Gasteiger partial charge < -0.3 is 15.5 Å². The minimum atomic E-state index is -0.486. The highest BCUT2D eigenvalue weighted by Gasteiger charge is 2.30. The highest BCUT2D eigenvalue weighted by Crippen LogP contribution is 2.26. The number of amides is 1. The number of piperazine rings is 1. The van der Waals surface area contributed by atoms with Crippen molar-refractivity contribution in [1.29, 1.82) is 0 Å². The van der Waals surface area contributed by atoms with E-state index >= 15 is 0 Å². The van der Waals surface area contributed by atoms with Crippen LogP contribution in [0, 0.1) is 6.92 Å². The molecule has 0 bridgehead atoms. The Morgan fingerprint density at radius 3 is 2.57 bits per heavy atom. The Hall–Kier alpha value is -1.10. The number of carbonyl (C=O) groups is 1. The standard InChI is InChI=1S/C18H29N3O.ClH/c1-15-7-4-5-8-16(15)18(2,3)17(22)20-9-6-12-21-13-10-19-11-14-21;/h4-5,7-8,19H,6,9-14H2,1-3H3,(H,20,22);1H. The molecule has 1 heterocycles. The van der Waals surface area contributed by atoms with E-state index in [-0.39, 0.29) is 18.3 Å². The van der Waals surface area contributed by atoms with E-state index in [4.69, 9.17) is 0 Å². The first-order valence-electron chi connectivity index (χ1n) is 8.29. The number of halogens is 1. The van der Waals surface area contributed by atoms with Gasteiger partial charge in [-0.25, -0.2) is 0 Å². The SMILES string of the molecule is Cc1ccccc1C(C)(C)C(=O)NCCCN1CCNCC1.Cl. The fraction of sp³-hybridized carbons (Fsp3) is 0.611. The summed E-state index contributed by atoms with van der Waals surface area (Å²) in [5.41, 5.74) is 1.79. The monoisotopic (exact) mass is 339 g/mol. The van der Waals surface area contributed by atoms with E-state index in [1.807, 2.05) is 26.0 Å². The first-order valence-corrected chi connectivity index (χ1v) is 8.29. The molecule has 0 atom stereocenters. The molecule has 130 valence electrons. The fourth-order valence-electron chi connectivity index (χ4n) is 3.06. The number of aryl methyl sites for hydroxylation is 1. The molecule has 1 aromatic rings. The molecule has 0 radical (unpaired) electrons. The predicted octanol–water partition coefficient (Wildman–Crippen LogP) is 2.11. The summed E-state index contributed by atoms with van der Waals surface area (Å²) in [6.45, 7) is 12.3. The van der Waals surface area contributed by atoms with Crippen molar-refractivity contribution in [3.63, 3.8) is 0 Å². The highest BCUT2D eigenvalue weighted by atomic mass is 35.5. The van der Waals surface area contributed by atoms with Crippen molar-refractivity contribution in [1.82, 2.24) is 15.5 Å². The summed E-state index contributed by atoms with van der Waals surface area (Å²) in [6, 6.07) is 8.13. The molecule has 1 aliphatic rings. The maximum Gasteiger partial charge on any atom is 0.230 e. The summed E-state index contributed by atoms with van der Waals surface area (Å²) in [4.78, 5) is 15.0. The van der Waals surface area contributed by atoms with E-state index in [0.29, 0.717) is 0 Å². The van der Waals surface area contributed by atoms with Gasteiger partial charge in [0.2, 0.25) is 5.91 Å². The Balaban J connectivity index is 0.00000264. The van der Waals surface area contributed by atoms with Crippen molar-refractivity contribution in [2.75, 3.05) is 39.3 Å². The number of nitrogens with one attached hydrogen (secondary N) is 2. The van der Waals surface area contributed by atoms with E-state index in [2.05, 4.69) is 34.6 Å². The lowest BCUT2D eigenvalue weighted by atomic mass is 9.81. The summed E-state index contributed by atoms with van der Waals surface area (Å²) < 4.78 is 0. The lowest BCUT2D eigenvalue weighted by molar-refractivity contribution is -0.125. The van der Waals surface area contributed by atoms with Crippen molar-refractivity contribution >= 4 is 18.3 Å². The third-order valence-corrected chi connectivity index (χ3v) is 4.53. The number of hydrogen-bond acceptors (Lipinski definition) is 3. The third-order valence-electron chi connectivity index (χ3n) is 4.53. The number of hydrogen-bond donors (Lipinski definition) is 2. The van der Waals surface area contributed by atoms with Gasteiger partial charge in [0, 0.05) is 32.7 Å². The number of carbonyl (C=O) groups excluding carboxylic acids is 1. The molecule has 0 saturated carbocycles. The Kier molecular flexibility index (Phi) is 8.03. The molecule has 2 rings (SSSR count). The van der Waals surface area contributed by atoms with Crippen molar-refractivity contribution < 1.29 is 4.79 Å². The molecule has 1 aliphatic heterocycles. The van der Waals surface area contributed by atoms with Gasteiger partial charge in [0.05, 0.1) is 5.41 Å². The smallest absolute Gasteiger partial charge is 0.230 e. The predicted molar refractivity (Wildman–Crippen MR) is 98.4 cm³/mol. The Bertz CT molecular complexity index is 499. The van der Waals surface area contributed by atoms with E-state index in [0.717, 1.165) is 51.3 Å². The number of rotatable bonds is 6. The van der Waals surface area contributed by atoms with Crippen LogP contribution in [-0.2, 0) is 10.2 Å². The highest BCUT2D eigenvalue weighted by molar-refractivity contribution is 5.87. The molecule has 0 unspecified atom stereocenters. The van der Waals surface area contributed by atoms with Gasteiger partial charge in [-0.1, -0.05) is 24.3 Å². The van der Waals surface area contributed by atoms with Crippen LogP contribution in [0.1, 0.15) is 31.4 Å². The quantitative estimate of drug-likeness (QED) is 0.780. The van der Waals surface area contributed by atoms with E-state index in [1.165, 1.54) is 5.56 Å². The first kappa shape index (κ1) is 19.9. The topological polar surface area (TPSA) is 44.4 Å². The van der Waals surface area contributed by atoms with Crippen LogP contribution < -0.4 is 10.6 Å². The second kappa shape index (κ2) is 9.26. The molecular formula is C18H30ClN3O. The van der Waals surface area contributed by atoms with Gasteiger partial charge in [-0.15, -0.1) is 12.4 Å². The molecular weight excluding hydrogens is 310 g/mol. The second-order valence-electron chi connectivity index (χ2n) is 6.64. The van der Waals surface area contributed by atoms with Gasteiger partial charge in [0.25, 0.3) is 0 Å². The summed E-state index contributed by atoms with van der Waals surface area (Å²) in [7, 11) is 0. The molecule has 0 aromatic heterocycles. The molecule has 1 saturated heterocycles. The van der Waals surface area contributed by atoms with Crippen LogP contribution in [-0.4, -0.2) is 50.1 Å². The molecule has 1 aromatic carbocycles. The van der Waals surface area contributed by atoms with Crippen LogP contribution in [0.25, 0.3) is 0 Å². The fourth-order valence-corrected chi connectivity index (χ4v) is 3.06. The molecule has 1 amide bonds. The van der Waals surface area contributed by atoms with Gasteiger partial charge in [-0.05, 0) is 44.9 Å². The van der Waals surface area contributed by atoms with Crippen LogP contribution in [0.15, 0.2) is 24.3 Å². The Morgan fingerprint density at radius 1 is 1.26 bits per heavy atom. The third kappa shape index (κ3) is 5.48. The molecule has 23 heavy (non-hydrogen) atoms. The average molecular weight is 340 g/mol. The molecule has 0 aliphatic carbocycles. The van der Waals surface area contributed by atoms with Crippen molar-refractivity contribution in [2.24, 2.45) is 0 Å². The van der Waals surface area contributed by atoms with Crippen LogP contribution in [0.4, 0.5) is 0 Å². The van der Waals surface area contributed by atoms with E-state index < -0.39 is 5.41 Å². The summed E-state index contributed by atoms with van der Waals surface area (Å²) in [6.07, 6.45) is 1.01. The molecule has 1 fully saturated rings. The Labute approximate surface area is 146 Å². The maximum absolute atomic E-state index is 12.5. The van der Waals surface area contributed by atoms with Gasteiger partial charge >= 0.3 is 0 Å². The van der Waals surface area contributed by atoms with Crippen LogP contribution in [0.5, 0.6) is 0 Å². The summed E-state index contributed by atoms with van der Waals surface area (Å²) >= 11 is 0. The van der Waals surface area contributed by atoms with E-state index in [1.54, 1.807) is 0 Å². The normalized spacial score (nSPS) is 15.8. The minimum absolute atomic E-state index is 0. The van der Waals surface area contributed by atoms with E-state index in [9.17, 15) is 4.79 Å². The van der Waals surface area contributed by atoms with Gasteiger partial charge in [0.1, 0.15) is 0 Å². The number of nitrogens with zero attached hydrogens (tertiary/aromatic N) is 1. The molecule has 0 spiro atoms. The van der Waals surface area contributed by atoms with Gasteiger partial charge in [-0.2, -0.15) is 0 Å². The number of benzene rings is 1. The molecule has 5 heteroatoms. The second-order valence-corrected chi connectivity index (χ2v) is 6.64. The molecule has 4 nitrogen and oxygen atoms in total. The first-order chi connectivity index (χ1) is 10.5. The molecule has 2 N–H and O–H groups in total. The van der Waals surface area contributed by atoms with Crippen LogP contribution in [0.3, 0.4) is 0 Å². The largest absolute Gasteiger partial charge is 0.355 e. The van der Waals surface area contributed by atoms with Gasteiger partial charge in [-0.3, -0.25) is 4.79 Å². The average Bonchev–Trinajstić information content (AvgIpc) is 2.52. The van der Waals surface area contributed by atoms with Crippen LogP contribution in [0.2, 0.25) is 0 Å². The lowest BCUT2D eigenvalue weighted by Crippen LogP contribution is -2.45. The maximum atomic E-state index is 12.5. The zero-order valence-corrected chi connectivity index (χ0v) is 15.3. The summed E-state index contributed by atoms with van der Waals surface area (Å²) in [5, 5.41) is 6.46. The lowest BCUT2D eigenvalue weighted by Gasteiger charge is -2.28. The Morgan fingerprint density at radius 2 is 1.91 bits per heavy atom. The summed E-state index contributed by atoms with van der Waals surface area (Å²) in [5.74, 6) is 0.113.